The second kappa shape index (κ2) is 6.76. The zero-order chi connectivity index (χ0) is 11.9. The van der Waals surface area contributed by atoms with Crippen LogP contribution in [0.25, 0.3) is 0 Å². The Morgan fingerprint density at radius 3 is 2.53 bits per heavy atom. The fraction of sp³-hybridized carbons (Fsp3) is 0.875. The van der Waals surface area contributed by atoms with Crippen LogP contribution in [0.1, 0.15) is 13.8 Å². The van der Waals surface area contributed by atoms with E-state index in [1.54, 1.807) is 13.8 Å². The zero-order valence-corrected chi connectivity index (χ0v) is 10.1. The van der Waals surface area contributed by atoms with E-state index in [4.69, 9.17) is 0 Å². The summed E-state index contributed by atoms with van der Waals surface area (Å²) in [6.45, 7) is 3.91. The normalized spacial score (nSPS) is 13.5. The number of nitrogens with one attached hydrogen (secondary N) is 2. The summed E-state index contributed by atoms with van der Waals surface area (Å²) >= 11 is 0. The third-order valence-electron chi connectivity index (χ3n) is 1.74. The number of esters is 1. The predicted octanol–water partition coefficient (Wildman–Crippen LogP) is -0.923. The van der Waals surface area contributed by atoms with Crippen molar-refractivity contribution in [3.05, 3.63) is 0 Å². The summed E-state index contributed by atoms with van der Waals surface area (Å²) < 4.78 is 29.2. The Morgan fingerprint density at radius 1 is 1.47 bits per heavy atom. The van der Waals surface area contributed by atoms with Gasteiger partial charge in [-0.2, -0.15) is 0 Å². The van der Waals surface area contributed by atoms with Gasteiger partial charge in [-0.1, -0.05) is 6.92 Å². The van der Waals surface area contributed by atoms with Crippen molar-refractivity contribution in [2.45, 2.75) is 19.9 Å². The van der Waals surface area contributed by atoms with Gasteiger partial charge in [0, 0.05) is 13.1 Å². The molecule has 0 saturated heterocycles. The molecule has 0 amide bonds. The largest absolute Gasteiger partial charge is 0.468 e. The summed E-state index contributed by atoms with van der Waals surface area (Å²) in [7, 11) is -1.94. The van der Waals surface area contributed by atoms with E-state index < -0.39 is 22.0 Å². The lowest BCUT2D eigenvalue weighted by molar-refractivity contribution is -0.142. The van der Waals surface area contributed by atoms with Crippen LogP contribution in [0, 0.1) is 0 Å². The van der Waals surface area contributed by atoms with Crippen LogP contribution < -0.4 is 10.0 Å². The molecule has 0 rings (SSSR count). The summed E-state index contributed by atoms with van der Waals surface area (Å²) in [5.74, 6) is -0.460. The van der Waals surface area contributed by atoms with Gasteiger partial charge in [-0.15, -0.1) is 0 Å². The Bertz CT molecular complexity index is 289. The molecule has 90 valence electrons. The first-order valence-electron chi connectivity index (χ1n) is 4.71. The Kier molecular flexibility index (Phi) is 6.46. The van der Waals surface area contributed by atoms with Crippen LogP contribution in [0.5, 0.6) is 0 Å². The SMILES string of the molecule is CCNS(=O)(=O)CCNC(C)C(=O)OC. The molecule has 15 heavy (non-hydrogen) atoms. The van der Waals surface area contributed by atoms with Crippen molar-refractivity contribution in [2.75, 3.05) is 26.0 Å². The topological polar surface area (TPSA) is 84.5 Å². The molecule has 0 fully saturated rings. The van der Waals surface area contributed by atoms with Gasteiger partial charge in [0.25, 0.3) is 0 Å². The summed E-state index contributed by atoms with van der Waals surface area (Å²) in [5.41, 5.74) is 0. The van der Waals surface area contributed by atoms with Gasteiger partial charge < -0.3 is 10.1 Å². The maximum absolute atomic E-state index is 11.2. The molecule has 0 aliphatic rings. The lowest BCUT2D eigenvalue weighted by atomic mass is 10.3. The second-order valence-corrected chi connectivity index (χ2v) is 4.94. The summed E-state index contributed by atoms with van der Waals surface area (Å²) in [6.07, 6.45) is 0. The minimum Gasteiger partial charge on any atom is -0.468 e. The molecular formula is C8H18N2O4S. The number of carbonyl (C=O) groups excluding carboxylic acids is 1. The van der Waals surface area contributed by atoms with Crippen LogP contribution in [0.2, 0.25) is 0 Å². The maximum Gasteiger partial charge on any atom is 0.322 e. The molecule has 2 N–H and O–H groups in total. The van der Waals surface area contributed by atoms with Crippen molar-refractivity contribution < 1.29 is 17.9 Å². The summed E-state index contributed by atoms with van der Waals surface area (Å²) in [5, 5.41) is 2.75. The predicted molar refractivity (Wildman–Crippen MR) is 56.9 cm³/mol. The Labute approximate surface area is 90.4 Å². The quantitative estimate of drug-likeness (QED) is 0.560. The van der Waals surface area contributed by atoms with Crippen molar-refractivity contribution in [3.63, 3.8) is 0 Å². The maximum atomic E-state index is 11.2. The van der Waals surface area contributed by atoms with E-state index in [0.717, 1.165) is 0 Å². The first-order chi connectivity index (χ1) is 6.93. The molecule has 0 aromatic heterocycles. The Balaban J connectivity index is 3.84. The van der Waals surface area contributed by atoms with Gasteiger partial charge in [0.15, 0.2) is 0 Å². The summed E-state index contributed by atoms with van der Waals surface area (Å²) in [4.78, 5) is 10.9. The van der Waals surface area contributed by atoms with Gasteiger partial charge in [0.2, 0.25) is 10.0 Å². The Hall–Kier alpha value is -0.660. The monoisotopic (exact) mass is 238 g/mol. The number of carbonyl (C=O) groups is 1. The van der Waals surface area contributed by atoms with E-state index in [1.807, 2.05) is 0 Å². The first-order valence-corrected chi connectivity index (χ1v) is 6.36. The average molecular weight is 238 g/mol. The highest BCUT2D eigenvalue weighted by atomic mass is 32.2. The fourth-order valence-electron chi connectivity index (χ4n) is 0.962. The molecule has 1 atom stereocenters. The number of sulfonamides is 1. The van der Waals surface area contributed by atoms with Gasteiger partial charge in [-0.05, 0) is 6.92 Å². The third kappa shape index (κ3) is 6.43. The van der Waals surface area contributed by atoms with Crippen LogP contribution in [-0.2, 0) is 19.6 Å². The molecule has 0 heterocycles. The van der Waals surface area contributed by atoms with Crippen molar-refractivity contribution in [1.82, 2.24) is 10.0 Å². The van der Waals surface area contributed by atoms with Crippen molar-refractivity contribution in [1.29, 1.82) is 0 Å². The smallest absolute Gasteiger partial charge is 0.322 e. The number of hydrogen-bond donors (Lipinski definition) is 2. The molecule has 7 heteroatoms. The zero-order valence-electron chi connectivity index (χ0n) is 9.24. The van der Waals surface area contributed by atoms with E-state index in [1.165, 1.54) is 7.11 Å². The standard InChI is InChI=1S/C8H18N2O4S/c1-4-10-15(12,13)6-5-9-7(2)8(11)14-3/h7,9-10H,4-6H2,1-3H3. The molecule has 6 nitrogen and oxygen atoms in total. The summed E-state index contributed by atoms with van der Waals surface area (Å²) in [6, 6.07) is -0.494. The lowest BCUT2D eigenvalue weighted by Gasteiger charge is -2.11. The third-order valence-corrected chi connectivity index (χ3v) is 3.21. The number of hydrogen-bond acceptors (Lipinski definition) is 5. The van der Waals surface area contributed by atoms with Crippen LogP contribution in [0.15, 0.2) is 0 Å². The van der Waals surface area contributed by atoms with Crippen LogP contribution in [0.4, 0.5) is 0 Å². The minimum absolute atomic E-state index is 0.0534. The van der Waals surface area contributed by atoms with Gasteiger partial charge >= 0.3 is 5.97 Å². The molecule has 0 saturated carbocycles. The van der Waals surface area contributed by atoms with E-state index in [-0.39, 0.29) is 12.3 Å². The van der Waals surface area contributed by atoms with E-state index in [2.05, 4.69) is 14.8 Å². The van der Waals surface area contributed by atoms with Gasteiger partial charge in [-0.3, -0.25) is 4.79 Å². The highest BCUT2D eigenvalue weighted by Crippen LogP contribution is 1.87. The second-order valence-electron chi connectivity index (χ2n) is 3.02. The fourth-order valence-corrected chi connectivity index (χ4v) is 1.93. The molecule has 1 unspecified atom stereocenters. The molecular weight excluding hydrogens is 220 g/mol. The molecule has 0 radical (unpaired) electrons. The Morgan fingerprint density at radius 2 is 2.07 bits per heavy atom. The molecule has 0 aliphatic carbocycles. The van der Waals surface area contributed by atoms with Gasteiger partial charge in [-0.25, -0.2) is 13.1 Å². The van der Waals surface area contributed by atoms with E-state index in [9.17, 15) is 13.2 Å². The highest BCUT2D eigenvalue weighted by Gasteiger charge is 2.14. The van der Waals surface area contributed by atoms with Crippen molar-refractivity contribution in [3.8, 4) is 0 Å². The van der Waals surface area contributed by atoms with Crippen LogP contribution in [-0.4, -0.2) is 46.4 Å². The lowest BCUT2D eigenvalue weighted by Crippen LogP contribution is -2.39. The average Bonchev–Trinajstić information content (AvgIpc) is 2.15. The van der Waals surface area contributed by atoms with Gasteiger partial charge in [0.1, 0.15) is 6.04 Å². The number of methoxy groups -OCH3 is 1. The van der Waals surface area contributed by atoms with Gasteiger partial charge in [0.05, 0.1) is 12.9 Å². The molecule has 0 aromatic rings. The molecule has 0 aliphatic heterocycles. The number of ether oxygens (including phenoxy) is 1. The number of rotatable bonds is 7. The first kappa shape index (κ1) is 14.3. The van der Waals surface area contributed by atoms with Crippen LogP contribution in [0.3, 0.4) is 0 Å². The van der Waals surface area contributed by atoms with E-state index in [0.29, 0.717) is 6.54 Å². The van der Waals surface area contributed by atoms with Crippen molar-refractivity contribution >= 4 is 16.0 Å². The molecule has 0 spiro atoms. The van der Waals surface area contributed by atoms with Crippen molar-refractivity contribution in [2.24, 2.45) is 0 Å². The minimum atomic E-state index is -3.22. The van der Waals surface area contributed by atoms with Crippen LogP contribution >= 0.6 is 0 Å². The van der Waals surface area contributed by atoms with E-state index >= 15 is 0 Å². The highest BCUT2D eigenvalue weighted by molar-refractivity contribution is 7.89. The molecule has 0 bridgehead atoms. The molecule has 0 aromatic carbocycles.